The van der Waals surface area contributed by atoms with Crippen molar-refractivity contribution in [1.29, 1.82) is 0 Å². The molecule has 2 fully saturated rings. The number of morpholine rings is 1. The zero-order valence-corrected chi connectivity index (χ0v) is 14.5. The largest absolute Gasteiger partial charge is 0.366 e. The monoisotopic (exact) mass is 342 g/mol. The third kappa shape index (κ3) is 2.78. The fourth-order valence-electron chi connectivity index (χ4n) is 3.80. The van der Waals surface area contributed by atoms with Gasteiger partial charge in [0.2, 0.25) is 11.8 Å². The Hall–Kier alpha value is -2.41. The number of piperidine rings is 1. The van der Waals surface area contributed by atoms with Crippen LogP contribution in [0, 0.1) is 6.92 Å². The van der Waals surface area contributed by atoms with Crippen molar-refractivity contribution in [2.45, 2.75) is 31.9 Å². The number of rotatable bonds is 2. The molecule has 0 saturated carbocycles. The highest BCUT2D eigenvalue weighted by Crippen LogP contribution is 2.23. The Balaban J connectivity index is 1.51. The molecule has 0 aromatic carbocycles. The normalized spacial score (nSPS) is 23.8. The third-order valence-electron chi connectivity index (χ3n) is 5.33. The Labute approximate surface area is 146 Å². The van der Waals surface area contributed by atoms with Gasteiger partial charge in [-0.1, -0.05) is 6.07 Å². The van der Waals surface area contributed by atoms with E-state index in [0.29, 0.717) is 19.5 Å². The molecule has 2 atom stereocenters. The molecular weight excluding hydrogens is 320 g/mol. The number of nitrogens with zero attached hydrogens (tertiary/aromatic N) is 4. The second kappa shape index (κ2) is 6.15. The minimum absolute atomic E-state index is 0.0202. The Morgan fingerprint density at radius 3 is 3.08 bits per heavy atom. The van der Waals surface area contributed by atoms with Crippen LogP contribution in [-0.4, -0.2) is 69.9 Å². The minimum Gasteiger partial charge on any atom is -0.366 e. The van der Waals surface area contributed by atoms with Gasteiger partial charge in [0.05, 0.1) is 30.0 Å². The van der Waals surface area contributed by atoms with Crippen LogP contribution in [0.2, 0.25) is 0 Å². The van der Waals surface area contributed by atoms with E-state index < -0.39 is 0 Å². The lowest BCUT2D eigenvalue weighted by Crippen LogP contribution is -2.61. The summed E-state index contributed by atoms with van der Waals surface area (Å²) in [6.07, 6.45) is 3.04. The zero-order chi connectivity index (χ0) is 17.6. The van der Waals surface area contributed by atoms with E-state index in [0.717, 1.165) is 23.5 Å². The predicted octanol–water partition coefficient (Wildman–Crippen LogP) is 0.643. The first-order chi connectivity index (χ1) is 12.0. The maximum absolute atomic E-state index is 12.9. The van der Waals surface area contributed by atoms with E-state index in [4.69, 9.17) is 4.74 Å². The first-order valence-electron chi connectivity index (χ1n) is 8.62. The molecular formula is C18H22N4O3. The van der Waals surface area contributed by atoms with Crippen LogP contribution in [-0.2, 0) is 20.7 Å². The van der Waals surface area contributed by atoms with E-state index >= 15 is 0 Å². The number of hydrogen-bond acceptors (Lipinski definition) is 4. The second-order valence-corrected chi connectivity index (χ2v) is 6.80. The Kier molecular flexibility index (Phi) is 3.95. The summed E-state index contributed by atoms with van der Waals surface area (Å²) >= 11 is 0. The van der Waals surface area contributed by atoms with Crippen LogP contribution in [0.25, 0.3) is 5.65 Å². The van der Waals surface area contributed by atoms with Gasteiger partial charge in [0.15, 0.2) is 0 Å². The molecule has 0 radical (unpaired) electrons. The molecule has 4 heterocycles. The summed E-state index contributed by atoms with van der Waals surface area (Å²) < 4.78 is 7.60. The van der Waals surface area contributed by atoms with Gasteiger partial charge in [0, 0.05) is 26.3 Å². The topological polar surface area (TPSA) is 67.2 Å². The summed E-state index contributed by atoms with van der Waals surface area (Å²) in [6, 6.07) is 5.76. The first kappa shape index (κ1) is 16.1. The van der Waals surface area contributed by atoms with Crippen LogP contribution in [0.5, 0.6) is 0 Å². The molecule has 7 heteroatoms. The van der Waals surface area contributed by atoms with Gasteiger partial charge >= 0.3 is 0 Å². The van der Waals surface area contributed by atoms with E-state index in [2.05, 4.69) is 4.98 Å². The number of carbonyl (C=O) groups excluding carboxylic acids is 2. The molecule has 0 aliphatic carbocycles. The van der Waals surface area contributed by atoms with Crippen LogP contribution < -0.4 is 0 Å². The van der Waals surface area contributed by atoms with E-state index in [-0.39, 0.29) is 30.6 Å². The summed E-state index contributed by atoms with van der Waals surface area (Å²) in [7, 11) is 1.80. The van der Waals surface area contributed by atoms with Gasteiger partial charge in [-0.2, -0.15) is 0 Å². The molecule has 2 saturated heterocycles. The molecule has 2 amide bonds. The molecule has 7 nitrogen and oxygen atoms in total. The maximum Gasteiger partial charge on any atom is 0.248 e. The van der Waals surface area contributed by atoms with Crippen LogP contribution in [0.15, 0.2) is 24.4 Å². The molecule has 2 aliphatic heterocycles. The lowest BCUT2D eigenvalue weighted by Gasteiger charge is -2.45. The van der Waals surface area contributed by atoms with Crippen molar-refractivity contribution in [2.24, 2.45) is 0 Å². The summed E-state index contributed by atoms with van der Waals surface area (Å²) in [5.41, 5.74) is 2.65. The number of amides is 2. The van der Waals surface area contributed by atoms with E-state index in [1.165, 1.54) is 0 Å². The van der Waals surface area contributed by atoms with Crippen LogP contribution in [0.3, 0.4) is 0 Å². The lowest BCUT2D eigenvalue weighted by molar-refractivity contribution is -0.163. The van der Waals surface area contributed by atoms with Crippen molar-refractivity contribution >= 4 is 17.5 Å². The van der Waals surface area contributed by atoms with Gasteiger partial charge in [-0.15, -0.1) is 0 Å². The van der Waals surface area contributed by atoms with E-state index in [1.54, 1.807) is 11.9 Å². The smallest absolute Gasteiger partial charge is 0.248 e. The highest BCUT2D eigenvalue weighted by Gasteiger charge is 2.39. The number of hydrogen-bond donors (Lipinski definition) is 0. The maximum atomic E-state index is 12.9. The van der Waals surface area contributed by atoms with Gasteiger partial charge in [0.25, 0.3) is 0 Å². The molecule has 132 valence electrons. The first-order valence-corrected chi connectivity index (χ1v) is 8.62. The number of likely N-dealkylation sites (N-methyl/N-ethyl adjacent to an activating group) is 1. The third-order valence-corrected chi connectivity index (χ3v) is 5.33. The molecule has 25 heavy (non-hydrogen) atoms. The summed E-state index contributed by atoms with van der Waals surface area (Å²) in [6.45, 7) is 3.27. The number of aromatic nitrogens is 2. The van der Waals surface area contributed by atoms with E-state index in [9.17, 15) is 9.59 Å². The van der Waals surface area contributed by atoms with Crippen molar-refractivity contribution < 1.29 is 14.3 Å². The van der Waals surface area contributed by atoms with Crippen molar-refractivity contribution in [3.8, 4) is 0 Å². The van der Waals surface area contributed by atoms with Gasteiger partial charge in [0.1, 0.15) is 12.3 Å². The highest BCUT2D eigenvalue weighted by molar-refractivity contribution is 5.80. The molecule has 0 N–H and O–H groups in total. The Morgan fingerprint density at radius 2 is 2.24 bits per heavy atom. The number of likely N-dealkylation sites (tertiary alicyclic amines) is 1. The molecule has 2 aliphatic rings. The Bertz CT molecular complexity index is 831. The molecule has 0 spiro atoms. The molecule has 2 aromatic rings. The standard InChI is InChI=1S/C18H22N4O3/c1-12-13(22-7-4-3-5-16(22)19-12)9-17(23)21-8-6-15-14(10-21)20(2)18(24)11-25-15/h3-5,7,14-15H,6,8-11H2,1-2H3/t14-,15+/m0/s1. The zero-order valence-electron chi connectivity index (χ0n) is 14.5. The SMILES string of the molecule is Cc1nc2ccccn2c1CC(=O)N1CC[C@H]2OCC(=O)N(C)[C@H]2C1. The predicted molar refractivity (Wildman–Crippen MR) is 91.1 cm³/mol. The Morgan fingerprint density at radius 1 is 1.40 bits per heavy atom. The van der Waals surface area contributed by atoms with Crippen molar-refractivity contribution in [3.05, 3.63) is 35.8 Å². The van der Waals surface area contributed by atoms with Crippen LogP contribution in [0.1, 0.15) is 17.8 Å². The van der Waals surface area contributed by atoms with Gasteiger partial charge in [-0.05, 0) is 25.5 Å². The van der Waals surface area contributed by atoms with Crippen molar-refractivity contribution in [1.82, 2.24) is 19.2 Å². The fraction of sp³-hybridized carbons (Fsp3) is 0.500. The number of imidazole rings is 1. The summed E-state index contributed by atoms with van der Waals surface area (Å²) in [5, 5.41) is 0. The fourth-order valence-corrected chi connectivity index (χ4v) is 3.80. The van der Waals surface area contributed by atoms with Gasteiger partial charge in [-0.3, -0.25) is 9.59 Å². The second-order valence-electron chi connectivity index (χ2n) is 6.80. The van der Waals surface area contributed by atoms with Gasteiger partial charge < -0.3 is 18.9 Å². The molecule has 4 rings (SSSR count). The number of aryl methyl sites for hydroxylation is 1. The molecule has 0 bridgehead atoms. The average Bonchev–Trinajstić information content (AvgIpc) is 2.93. The van der Waals surface area contributed by atoms with Crippen LogP contribution in [0.4, 0.5) is 0 Å². The van der Waals surface area contributed by atoms with E-state index in [1.807, 2.05) is 40.6 Å². The average molecular weight is 342 g/mol. The number of carbonyl (C=O) groups is 2. The van der Waals surface area contributed by atoms with Gasteiger partial charge in [-0.25, -0.2) is 4.98 Å². The minimum atomic E-state index is -0.0535. The lowest BCUT2D eigenvalue weighted by atomic mass is 9.98. The highest BCUT2D eigenvalue weighted by atomic mass is 16.5. The quantitative estimate of drug-likeness (QED) is 0.803. The summed E-state index contributed by atoms with van der Waals surface area (Å²) in [4.78, 5) is 32.8. The van der Waals surface area contributed by atoms with Crippen LogP contribution >= 0.6 is 0 Å². The summed E-state index contributed by atoms with van der Waals surface area (Å²) in [5.74, 6) is 0.0480. The molecule has 2 aromatic heterocycles. The number of fused-ring (bicyclic) bond motifs is 2. The van der Waals surface area contributed by atoms with Crippen molar-refractivity contribution in [3.63, 3.8) is 0 Å². The molecule has 0 unspecified atom stereocenters. The number of ether oxygens (including phenoxy) is 1. The number of pyridine rings is 1. The van der Waals surface area contributed by atoms with Crippen molar-refractivity contribution in [2.75, 3.05) is 26.7 Å².